The van der Waals surface area contributed by atoms with Crippen LogP contribution in [0.4, 0.5) is 0 Å². The number of aromatic amines is 1. The van der Waals surface area contributed by atoms with E-state index in [0.717, 1.165) is 58.9 Å². The maximum Gasteiger partial charge on any atom is 0.251 e. The molecule has 2 amide bonds. The lowest BCUT2D eigenvalue weighted by atomic mass is 9.57. The van der Waals surface area contributed by atoms with E-state index in [1.54, 1.807) is 29.5 Å². The molecular weight excluding hydrogens is 492 g/mol. The molecule has 0 atom stereocenters. The van der Waals surface area contributed by atoms with Gasteiger partial charge in [0.05, 0.1) is 17.6 Å². The zero-order valence-corrected chi connectivity index (χ0v) is 19.9. The highest BCUT2D eigenvalue weighted by atomic mass is 79.9. The van der Waals surface area contributed by atoms with Crippen LogP contribution >= 0.6 is 27.3 Å². The number of nitrogens with one attached hydrogen (secondary N) is 3. The molecule has 9 heteroatoms. The summed E-state index contributed by atoms with van der Waals surface area (Å²) in [6.45, 7) is 0.395. The van der Waals surface area contributed by atoms with Crippen molar-refractivity contribution < 1.29 is 14.7 Å². The Morgan fingerprint density at radius 2 is 1.91 bits per heavy atom. The number of benzene rings is 1. The van der Waals surface area contributed by atoms with Crippen LogP contribution in [-0.4, -0.2) is 32.4 Å². The molecule has 168 valence electrons. The summed E-state index contributed by atoms with van der Waals surface area (Å²) in [5.74, 6) is 0.525. The summed E-state index contributed by atoms with van der Waals surface area (Å²) >= 11 is 5.09. The number of carbonyl (C=O) groups excluding carboxylic acids is 2. The first-order chi connectivity index (χ1) is 15.4. The molecule has 0 unspecified atom stereocenters. The highest BCUT2D eigenvalue weighted by molar-refractivity contribution is 9.10. The third kappa shape index (κ3) is 3.97. The van der Waals surface area contributed by atoms with Gasteiger partial charge in [0.25, 0.3) is 5.91 Å². The fraction of sp³-hybridized carbons (Fsp3) is 0.435. The Morgan fingerprint density at radius 1 is 1.16 bits per heavy atom. The second kappa shape index (κ2) is 8.28. The van der Waals surface area contributed by atoms with Gasteiger partial charge in [0, 0.05) is 31.2 Å². The number of amides is 2. The van der Waals surface area contributed by atoms with E-state index in [9.17, 15) is 14.7 Å². The van der Waals surface area contributed by atoms with Crippen molar-refractivity contribution in [3.05, 3.63) is 50.4 Å². The van der Waals surface area contributed by atoms with E-state index in [4.69, 9.17) is 0 Å². The number of carbonyl (C=O) groups is 2. The molecule has 1 aromatic carbocycles. The number of hydrogen-bond donors (Lipinski definition) is 4. The number of aromatic nitrogens is 2. The van der Waals surface area contributed by atoms with Gasteiger partial charge in [-0.25, -0.2) is 4.98 Å². The van der Waals surface area contributed by atoms with Crippen LogP contribution in [-0.2, 0) is 17.9 Å². The van der Waals surface area contributed by atoms with Crippen molar-refractivity contribution in [1.82, 2.24) is 20.6 Å². The van der Waals surface area contributed by atoms with Gasteiger partial charge in [0.15, 0.2) is 0 Å². The highest BCUT2D eigenvalue weighted by Gasteiger charge is 2.52. The number of nitrogens with zero attached hydrogens (tertiary/aromatic N) is 1. The Balaban J connectivity index is 1.22. The number of aliphatic hydroxyl groups excluding tert-OH is 1. The van der Waals surface area contributed by atoms with Gasteiger partial charge in [-0.05, 0) is 78.7 Å². The third-order valence-electron chi connectivity index (χ3n) is 7.09. The number of aliphatic hydroxyl groups is 1. The number of halogens is 1. The summed E-state index contributed by atoms with van der Waals surface area (Å²) < 4.78 is 1.04. The van der Waals surface area contributed by atoms with E-state index < -0.39 is 0 Å². The van der Waals surface area contributed by atoms with E-state index >= 15 is 0 Å². The Labute approximate surface area is 198 Å². The van der Waals surface area contributed by atoms with Gasteiger partial charge in [-0.15, -0.1) is 11.3 Å². The molecule has 32 heavy (non-hydrogen) atoms. The molecule has 2 heterocycles. The summed E-state index contributed by atoms with van der Waals surface area (Å²) in [6.07, 6.45) is 4.85. The topological polar surface area (TPSA) is 107 Å². The quantitative estimate of drug-likeness (QED) is 0.396. The van der Waals surface area contributed by atoms with Crippen LogP contribution < -0.4 is 10.6 Å². The number of thiophene rings is 1. The predicted octanol–water partition coefficient (Wildman–Crippen LogP) is 4.02. The predicted molar refractivity (Wildman–Crippen MR) is 126 cm³/mol. The molecule has 3 aromatic rings. The number of H-pyrrole nitrogens is 1. The Kier molecular flexibility index (Phi) is 5.59. The molecule has 6 rings (SSSR count). The zero-order chi connectivity index (χ0) is 22.3. The monoisotopic (exact) mass is 516 g/mol. The fourth-order valence-corrected chi connectivity index (χ4v) is 6.50. The first-order valence-electron chi connectivity index (χ1n) is 10.8. The molecule has 3 aliphatic carbocycles. The fourth-order valence-electron chi connectivity index (χ4n) is 5.11. The Hall–Kier alpha value is -2.23. The van der Waals surface area contributed by atoms with Crippen LogP contribution in [0.1, 0.15) is 59.6 Å². The summed E-state index contributed by atoms with van der Waals surface area (Å²) in [6, 6.07) is 7.37. The number of hydrogen-bond acceptors (Lipinski definition) is 5. The molecule has 0 radical (unpaired) electrons. The number of rotatable bonds is 6. The molecule has 7 nitrogen and oxygen atoms in total. The number of fused-ring (bicyclic) bond motifs is 4. The van der Waals surface area contributed by atoms with E-state index in [2.05, 4.69) is 36.5 Å². The standard InChI is InChI=1S/C23H25BrN4O3S/c24-15-10-16(32-13-15)11-25-21(31)22-3-6-23(7-4-22,8-5-22)28-20(30)14-1-2-17-18(9-14)27-19(12-29)26-17/h1-2,9-10,13,29H,3-8,11-12H2,(H,25,31)(H,26,27)(H,28,30). The average Bonchev–Trinajstić information content (AvgIpc) is 3.43. The van der Waals surface area contributed by atoms with Gasteiger partial charge in [0.2, 0.25) is 5.91 Å². The molecule has 2 bridgehead atoms. The lowest BCUT2D eigenvalue weighted by Crippen LogP contribution is -2.59. The van der Waals surface area contributed by atoms with Crippen molar-refractivity contribution in [3.8, 4) is 0 Å². The summed E-state index contributed by atoms with van der Waals surface area (Å²) in [5, 5.41) is 17.7. The van der Waals surface area contributed by atoms with Gasteiger partial charge >= 0.3 is 0 Å². The first kappa shape index (κ1) is 21.6. The molecule has 3 aliphatic rings. The van der Waals surface area contributed by atoms with Gasteiger partial charge in [-0.3, -0.25) is 9.59 Å². The molecule has 0 saturated heterocycles. The zero-order valence-electron chi connectivity index (χ0n) is 17.5. The Morgan fingerprint density at radius 3 is 2.56 bits per heavy atom. The van der Waals surface area contributed by atoms with Crippen LogP contribution in [0.25, 0.3) is 11.0 Å². The van der Waals surface area contributed by atoms with Crippen molar-refractivity contribution in [3.63, 3.8) is 0 Å². The molecule has 2 aromatic heterocycles. The lowest BCUT2D eigenvalue weighted by molar-refractivity contribution is -0.138. The van der Waals surface area contributed by atoms with Crippen LogP contribution in [0, 0.1) is 5.41 Å². The lowest BCUT2D eigenvalue weighted by Gasteiger charge is -2.52. The second-order valence-corrected chi connectivity index (χ2v) is 10.9. The van der Waals surface area contributed by atoms with Crippen molar-refractivity contribution >= 4 is 50.1 Å². The normalized spacial score (nSPS) is 24.6. The summed E-state index contributed by atoms with van der Waals surface area (Å²) in [7, 11) is 0. The van der Waals surface area contributed by atoms with Crippen LogP contribution in [0.2, 0.25) is 0 Å². The van der Waals surface area contributed by atoms with E-state index in [0.29, 0.717) is 17.9 Å². The molecular formula is C23H25BrN4O3S. The van der Waals surface area contributed by atoms with E-state index in [1.807, 2.05) is 11.4 Å². The molecule has 3 saturated carbocycles. The van der Waals surface area contributed by atoms with Gasteiger partial charge in [-0.1, -0.05) is 0 Å². The van der Waals surface area contributed by atoms with Crippen molar-refractivity contribution in [2.75, 3.05) is 0 Å². The number of imidazole rings is 1. The molecule has 3 fully saturated rings. The second-order valence-electron chi connectivity index (χ2n) is 9.00. The first-order valence-corrected chi connectivity index (χ1v) is 12.5. The minimum absolute atomic E-state index is 0.103. The van der Waals surface area contributed by atoms with E-state index in [-0.39, 0.29) is 29.4 Å². The SMILES string of the molecule is O=C(NC12CCC(C(=O)NCc3cc(Br)cs3)(CC1)CC2)c1ccc2nc(CO)[nH]c2c1. The van der Waals surface area contributed by atoms with Gasteiger partial charge in [0.1, 0.15) is 12.4 Å². The van der Waals surface area contributed by atoms with Crippen molar-refractivity contribution in [1.29, 1.82) is 0 Å². The smallest absolute Gasteiger partial charge is 0.251 e. The third-order valence-corrected chi connectivity index (χ3v) is 8.79. The highest BCUT2D eigenvalue weighted by Crippen LogP contribution is 2.52. The van der Waals surface area contributed by atoms with Gasteiger partial charge in [-0.2, -0.15) is 0 Å². The Bertz CT molecular complexity index is 1160. The average molecular weight is 517 g/mol. The molecule has 4 N–H and O–H groups in total. The van der Waals surface area contributed by atoms with Crippen LogP contribution in [0.15, 0.2) is 34.1 Å². The maximum absolute atomic E-state index is 13.0. The molecule has 0 spiro atoms. The van der Waals surface area contributed by atoms with Crippen molar-refractivity contribution in [2.45, 2.75) is 57.2 Å². The molecule has 0 aliphatic heterocycles. The van der Waals surface area contributed by atoms with E-state index in [1.165, 1.54) is 0 Å². The largest absolute Gasteiger partial charge is 0.388 e. The summed E-state index contributed by atoms with van der Waals surface area (Å²) in [4.78, 5) is 34.5. The van der Waals surface area contributed by atoms with Gasteiger partial charge < -0.3 is 20.7 Å². The minimum atomic E-state index is -0.309. The van der Waals surface area contributed by atoms with Crippen molar-refractivity contribution in [2.24, 2.45) is 5.41 Å². The van der Waals surface area contributed by atoms with Crippen LogP contribution in [0.5, 0.6) is 0 Å². The maximum atomic E-state index is 13.0. The van der Waals surface area contributed by atoms with Crippen LogP contribution in [0.3, 0.4) is 0 Å². The summed E-state index contributed by atoms with van der Waals surface area (Å²) in [5.41, 5.74) is 1.49. The minimum Gasteiger partial charge on any atom is -0.388 e.